The fourth-order valence-corrected chi connectivity index (χ4v) is 2.29. The van der Waals surface area contributed by atoms with Crippen LogP contribution in [0.1, 0.15) is 42.3 Å². The number of oxime groups is 1. The lowest BCUT2D eigenvalue weighted by atomic mass is 9.87. The Morgan fingerprint density at radius 2 is 1.79 bits per heavy atom. The largest absolute Gasteiger partial charge is 0.454 e. The molecule has 124 valence electrons. The highest BCUT2D eigenvalue weighted by molar-refractivity contribution is 5.90. The van der Waals surface area contributed by atoms with Crippen LogP contribution in [0.5, 0.6) is 11.5 Å². The molecule has 0 N–H and O–H groups in total. The number of carbonyl (C=O) groups excluding carboxylic acids is 1. The molecule has 1 aliphatic heterocycles. The average molecular weight is 325 g/mol. The number of ether oxygens (including phenoxy) is 2. The van der Waals surface area contributed by atoms with Gasteiger partial charge in [-0.3, -0.25) is 0 Å². The zero-order valence-corrected chi connectivity index (χ0v) is 13.9. The Balaban J connectivity index is 1.63. The Hall–Kier alpha value is -2.82. The molecule has 0 saturated heterocycles. The predicted octanol–water partition coefficient (Wildman–Crippen LogP) is 3.90. The van der Waals surface area contributed by atoms with Crippen LogP contribution in [0.25, 0.3) is 0 Å². The van der Waals surface area contributed by atoms with Crippen molar-refractivity contribution in [3.63, 3.8) is 0 Å². The van der Waals surface area contributed by atoms with Crippen LogP contribution in [0.15, 0.2) is 47.6 Å². The number of fused-ring (bicyclic) bond motifs is 1. The van der Waals surface area contributed by atoms with Gasteiger partial charge in [-0.15, -0.1) is 0 Å². The van der Waals surface area contributed by atoms with E-state index >= 15 is 0 Å². The summed E-state index contributed by atoms with van der Waals surface area (Å²) in [6.07, 6.45) is 1.46. The third-order valence-corrected chi connectivity index (χ3v) is 3.72. The minimum Gasteiger partial charge on any atom is -0.454 e. The third-order valence-electron chi connectivity index (χ3n) is 3.72. The first-order chi connectivity index (χ1) is 11.4. The number of hydrogen-bond acceptors (Lipinski definition) is 5. The van der Waals surface area contributed by atoms with E-state index in [-0.39, 0.29) is 12.2 Å². The zero-order valence-electron chi connectivity index (χ0n) is 13.9. The summed E-state index contributed by atoms with van der Waals surface area (Å²) in [7, 11) is 0. The van der Waals surface area contributed by atoms with Crippen molar-refractivity contribution in [3.05, 3.63) is 59.2 Å². The number of nitrogens with zero attached hydrogens (tertiary/aromatic N) is 1. The minimum absolute atomic E-state index is 0.0416. The first-order valence-electron chi connectivity index (χ1n) is 7.68. The van der Waals surface area contributed by atoms with Crippen LogP contribution in [0.3, 0.4) is 0 Å². The highest BCUT2D eigenvalue weighted by atomic mass is 16.7. The molecule has 2 aromatic carbocycles. The fraction of sp³-hybridized carbons (Fsp3) is 0.263. The van der Waals surface area contributed by atoms with Gasteiger partial charge in [-0.25, -0.2) is 4.79 Å². The van der Waals surface area contributed by atoms with Crippen molar-refractivity contribution in [3.8, 4) is 11.5 Å². The fourth-order valence-electron chi connectivity index (χ4n) is 2.29. The minimum atomic E-state index is -0.493. The van der Waals surface area contributed by atoms with Crippen LogP contribution in [-0.2, 0) is 10.3 Å². The molecule has 0 radical (unpaired) electrons. The lowest BCUT2D eigenvalue weighted by Crippen LogP contribution is -2.11. The number of carbonyl (C=O) groups is 1. The summed E-state index contributed by atoms with van der Waals surface area (Å²) in [4.78, 5) is 16.9. The van der Waals surface area contributed by atoms with Crippen molar-refractivity contribution in [2.45, 2.75) is 26.2 Å². The van der Waals surface area contributed by atoms with E-state index in [4.69, 9.17) is 14.3 Å². The molecular formula is C19H19NO4. The molecule has 24 heavy (non-hydrogen) atoms. The Labute approximate surface area is 140 Å². The smallest absolute Gasteiger partial charge is 0.365 e. The highest BCUT2D eigenvalue weighted by Gasteiger charge is 2.15. The summed E-state index contributed by atoms with van der Waals surface area (Å²) in [6.45, 7) is 6.58. The first-order valence-corrected chi connectivity index (χ1v) is 7.68. The lowest BCUT2D eigenvalue weighted by Gasteiger charge is -2.18. The molecule has 0 amide bonds. The maximum atomic E-state index is 12.0. The van der Waals surface area contributed by atoms with E-state index in [1.165, 1.54) is 6.21 Å². The summed E-state index contributed by atoms with van der Waals surface area (Å²) < 4.78 is 10.5. The van der Waals surface area contributed by atoms with Gasteiger partial charge in [0.15, 0.2) is 11.5 Å². The molecule has 0 fully saturated rings. The van der Waals surface area contributed by atoms with E-state index in [0.717, 1.165) is 11.1 Å². The Morgan fingerprint density at radius 3 is 2.50 bits per heavy atom. The standard InChI is InChI=1S/C19H19NO4/c1-19(2,3)15-7-5-14(6-8-15)18(21)24-20-11-13-4-9-16-17(10-13)23-12-22-16/h4-11H,12H2,1-3H3/b20-11+. The monoisotopic (exact) mass is 325 g/mol. The Bertz CT molecular complexity index is 773. The molecule has 3 rings (SSSR count). The van der Waals surface area contributed by atoms with Crippen molar-refractivity contribution in [2.24, 2.45) is 5.16 Å². The second-order valence-electron chi connectivity index (χ2n) is 6.55. The SMILES string of the molecule is CC(C)(C)c1ccc(C(=O)O/N=C/c2ccc3c(c2)OCO3)cc1. The zero-order chi connectivity index (χ0) is 17.2. The molecule has 1 aliphatic rings. The van der Waals surface area contributed by atoms with Gasteiger partial charge < -0.3 is 14.3 Å². The highest BCUT2D eigenvalue weighted by Crippen LogP contribution is 2.32. The molecule has 0 bridgehead atoms. The van der Waals surface area contributed by atoms with Crippen LogP contribution in [0.2, 0.25) is 0 Å². The normalized spacial score (nSPS) is 13.3. The number of benzene rings is 2. The molecule has 5 nitrogen and oxygen atoms in total. The van der Waals surface area contributed by atoms with Crippen molar-refractivity contribution in [1.29, 1.82) is 0 Å². The Kier molecular flexibility index (Phi) is 4.25. The summed E-state index contributed by atoms with van der Waals surface area (Å²) in [5, 5.41) is 3.74. The lowest BCUT2D eigenvalue weighted by molar-refractivity contribution is 0.0519. The van der Waals surface area contributed by atoms with Gasteiger partial charge >= 0.3 is 5.97 Å². The van der Waals surface area contributed by atoms with Crippen LogP contribution in [0, 0.1) is 0 Å². The van der Waals surface area contributed by atoms with Crippen LogP contribution >= 0.6 is 0 Å². The summed E-state index contributed by atoms with van der Waals surface area (Å²) >= 11 is 0. The maximum Gasteiger partial charge on any atom is 0.365 e. The third kappa shape index (κ3) is 3.56. The predicted molar refractivity (Wildman–Crippen MR) is 90.7 cm³/mol. The Morgan fingerprint density at radius 1 is 1.08 bits per heavy atom. The van der Waals surface area contributed by atoms with Gasteiger partial charge in [0, 0.05) is 5.56 Å². The first kappa shape index (κ1) is 16.1. The molecular weight excluding hydrogens is 306 g/mol. The topological polar surface area (TPSA) is 57.1 Å². The van der Waals surface area contributed by atoms with E-state index in [1.807, 2.05) is 18.2 Å². The number of hydrogen-bond donors (Lipinski definition) is 0. The molecule has 0 aliphatic carbocycles. The van der Waals surface area contributed by atoms with Crippen LogP contribution in [0.4, 0.5) is 0 Å². The van der Waals surface area contributed by atoms with Gasteiger partial charge in [0.1, 0.15) is 0 Å². The van der Waals surface area contributed by atoms with Crippen LogP contribution < -0.4 is 9.47 Å². The van der Waals surface area contributed by atoms with E-state index in [1.54, 1.807) is 24.3 Å². The average Bonchev–Trinajstić information content (AvgIpc) is 3.02. The van der Waals surface area contributed by atoms with E-state index in [0.29, 0.717) is 17.1 Å². The van der Waals surface area contributed by atoms with Gasteiger partial charge in [0.2, 0.25) is 6.79 Å². The van der Waals surface area contributed by atoms with Gasteiger partial charge in [-0.2, -0.15) is 0 Å². The molecule has 1 heterocycles. The van der Waals surface area contributed by atoms with Gasteiger partial charge in [0.05, 0.1) is 11.8 Å². The van der Waals surface area contributed by atoms with Gasteiger partial charge in [-0.05, 0) is 41.3 Å². The van der Waals surface area contributed by atoms with E-state index < -0.39 is 5.97 Å². The molecule has 0 aromatic heterocycles. The van der Waals surface area contributed by atoms with Crippen molar-refractivity contribution < 1.29 is 19.1 Å². The van der Waals surface area contributed by atoms with Crippen molar-refractivity contribution in [2.75, 3.05) is 6.79 Å². The van der Waals surface area contributed by atoms with Crippen molar-refractivity contribution >= 4 is 12.2 Å². The van der Waals surface area contributed by atoms with Gasteiger partial charge in [-0.1, -0.05) is 38.1 Å². The summed E-state index contributed by atoms with van der Waals surface area (Å²) in [5.41, 5.74) is 2.42. The maximum absolute atomic E-state index is 12.0. The summed E-state index contributed by atoms with van der Waals surface area (Å²) in [5.74, 6) is 0.860. The molecule has 0 spiro atoms. The van der Waals surface area contributed by atoms with Gasteiger partial charge in [0.25, 0.3) is 0 Å². The van der Waals surface area contributed by atoms with E-state index in [2.05, 4.69) is 25.9 Å². The molecule has 2 aromatic rings. The molecule has 0 atom stereocenters. The second kappa shape index (κ2) is 6.35. The molecule has 5 heteroatoms. The van der Waals surface area contributed by atoms with E-state index in [9.17, 15) is 4.79 Å². The quantitative estimate of drug-likeness (QED) is 0.488. The molecule has 0 saturated carbocycles. The number of rotatable bonds is 3. The van der Waals surface area contributed by atoms with Crippen molar-refractivity contribution in [1.82, 2.24) is 0 Å². The second-order valence-corrected chi connectivity index (χ2v) is 6.55. The molecule has 0 unspecified atom stereocenters. The van der Waals surface area contributed by atoms with Crippen LogP contribution in [-0.4, -0.2) is 19.0 Å². The summed E-state index contributed by atoms with van der Waals surface area (Å²) in [6, 6.07) is 12.7.